The van der Waals surface area contributed by atoms with Crippen LogP contribution in [0.4, 0.5) is 0 Å². The maximum absolute atomic E-state index is 10.2. The molecular weight excluding hydrogens is 611 g/mol. The number of hydrogen-bond donors (Lipinski definition) is 0. The van der Waals surface area contributed by atoms with E-state index in [9.17, 15) is 5.26 Å². The van der Waals surface area contributed by atoms with E-state index in [1.54, 1.807) is 0 Å². The molecule has 0 amide bonds. The zero-order valence-electron chi connectivity index (χ0n) is 26.4. The Labute approximate surface area is 287 Å². The molecule has 0 atom stereocenters. The van der Waals surface area contributed by atoms with Crippen LogP contribution in [0.3, 0.4) is 0 Å². The first kappa shape index (κ1) is 27.8. The van der Waals surface area contributed by atoms with Gasteiger partial charge in [-0.25, -0.2) is 0 Å². The van der Waals surface area contributed by atoms with Crippen LogP contribution in [0.25, 0.3) is 96.6 Å². The minimum Gasteiger partial charge on any atom is -0.192 e. The lowest BCUT2D eigenvalue weighted by atomic mass is 9.86. The van der Waals surface area contributed by atoms with Crippen molar-refractivity contribution in [2.24, 2.45) is 0 Å². The Kier molecular flexibility index (Phi) is 6.18. The van der Waals surface area contributed by atoms with E-state index in [0.717, 1.165) is 27.1 Å². The van der Waals surface area contributed by atoms with E-state index in [1.807, 2.05) is 23.5 Å². The van der Waals surface area contributed by atoms with Gasteiger partial charge in [0.2, 0.25) is 0 Å². The third kappa shape index (κ3) is 4.17. The van der Waals surface area contributed by atoms with Crippen molar-refractivity contribution in [1.82, 2.24) is 0 Å². The van der Waals surface area contributed by atoms with Crippen LogP contribution in [0, 0.1) is 11.3 Å². The topological polar surface area (TPSA) is 23.8 Å². The Morgan fingerprint density at radius 3 is 1.29 bits per heavy atom. The summed E-state index contributed by atoms with van der Waals surface area (Å²) < 4.78 is 2.55. The van der Waals surface area contributed by atoms with Gasteiger partial charge in [0, 0.05) is 30.9 Å². The second kappa shape index (κ2) is 10.9. The van der Waals surface area contributed by atoms with Crippen LogP contribution in [0.2, 0.25) is 0 Å². The van der Waals surface area contributed by atoms with Crippen molar-refractivity contribution in [1.29, 1.82) is 5.26 Å². The molecule has 10 rings (SSSR count). The molecule has 2 heteroatoms. The van der Waals surface area contributed by atoms with Gasteiger partial charge >= 0.3 is 0 Å². The third-order valence-corrected chi connectivity index (χ3v) is 11.2. The highest BCUT2D eigenvalue weighted by atomic mass is 32.1. The van der Waals surface area contributed by atoms with Crippen LogP contribution in [0.5, 0.6) is 0 Å². The summed E-state index contributed by atoms with van der Waals surface area (Å²) in [6.07, 6.45) is 0. The van der Waals surface area contributed by atoms with Crippen LogP contribution in [0.15, 0.2) is 164 Å². The van der Waals surface area contributed by atoms with E-state index < -0.39 is 0 Å². The molecule has 0 radical (unpaired) electrons. The number of fused-ring (bicyclic) bond motifs is 7. The van der Waals surface area contributed by atoms with Gasteiger partial charge < -0.3 is 0 Å². The molecule has 49 heavy (non-hydrogen) atoms. The molecule has 0 saturated heterocycles. The van der Waals surface area contributed by atoms with Crippen molar-refractivity contribution in [2.45, 2.75) is 0 Å². The molecule has 0 saturated carbocycles. The molecule has 9 aromatic carbocycles. The van der Waals surface area contributed by atoms with Gasteiger partial charge in [-0.1, -0.05) is 146 Å². The molecule has 0 N–H and O–H groups in total. The molecule has 1 nitrogen and oxygen atoms in total. The van der Waals surface area contributed by atoms with Crippen LogP contribution < -0.4 is 0 Å². The number of nitrogens with zero attached hydrogens (tertiary/aromatic N) is 1. The van der Waals surface area contributed by atoms with Gasteiger partial charge in [-0.3, -0.25) is 0 Å². The fourth-order valence-corrected chi connectivity index (χ4v) is 9.13. The molecule has 1 heterocycles. The van der Waals surface area contributed by atoms with Gasteiger partial charge in [-0.05, 0) is 83.9 Å². The quantitative estimate of drug-likeness (QED) is 0.177. The number of benzene rings is 9. The van der Waals surface area contributed by atoms with Crippen LogP contribution in [-0.2, 0) is 0 Å². The Hall–Kier alpha value is -6.27. The molecule has 226 valence electrons. The Balaban J connectivity index is 1.20. The summed E-state index contributed by atoms with van der Waals surface area (Å²) in [5.41, 5.74) is 8.12. The van der Waals surface area contributed by atoms with E-state index in [4.69, 9.17) is 0 Å². The number of thiophene rings is 1. The summed E-state index contributed by atoms with van der Waals surface area (Å²) in [5.74, 6) is 0. The minimum atomic E-state index is 0.737. The molecule has 0 bridgehead atoms. The lowest BCUT2D eigenvalue weighted by Crippen LogP contribution is -1.90. The molecule has 0 aliphatic heterocycles. The Bertz CT molecular complexity index is 2880. The first-order chi connectivity index (χ1) is 24.3. The average Bonchev–Trinajstić information content (AvgIpc) is 3.53. The predicted molar refractivity (Wildman–Crippen MR) is 210 cm³/mol. The molecule has 0 aliphatic carbocycles. The molecule has 0 spiro atoms. The van der Waals surface area contributed by atoms with Crippen molar-refractivity contribution in [3.8, 4) is 39.4 Å². The van der Waals surface area contributed by atoms with E-state index in [0.29, 0.717) is 0 Å². The van der Waals surface area contributed by atoms with Crippen molar-refractivity contribution in [3.63, 3.8) is 0 Å². The van der Waals surface area contributed by atoms with E-state index >= 15 is 0 Å². The maximum Gasteiger partial charge on any atom is 0.100 e. The highest BCUT2D eigenvalue weighted by Gasteiger charge is 2.19. The predicted octanol–water partition coefficient (Wildman–Crippen LogP) is 13.5. The second-order valence-electron chi connectivity index (χ2n) is 12.7. The van der Waals surface area contributed by atoms with E-state index in [1.165, 1.54) is 75.1 Å². The Morgan fingerprint density at radius 2 is 0.755 bits per heavy atom. The Morgan fingerprint density at radius 1 is 0.327 bits per heavy atom. The minimum absolute atomic E-state index is 0.737. The van der Waals surface area contributed by atoms with Gasteiger partial charge in [-0.15, -0.1) is 11.3 Å². The fraction of sp³-hybridized carbons (Fsp3) is 0. The van der Waals surface area contributed by atoms with E-state index in [-0.39, 0.29) is 0 Å². The first-order valence-corrected chi connectivity index (χ1v) is 17.4. The lowest BCUT2D eigenvalue weighted by molar-refractivity contribution is 1.51. The summed E-state index contributed by atoms with van der Waals surface area (Å²) in [4.78, 5) is 0. The summed E-state index contributed by atoms with van der Waals surface area (Å²) in [7, 11) is 0. The fourth-order valence-electron chi connectivity index (χ4n) is 8.00. The van der Waals surface area contributed by atoms with Crippen LogP contribution in [-0.4, -0.2) is 0 Å². The van der Waals surface area contributed by atoms with Gasteiger partial charge in [0.1, 0.15) is 6.07 Å². The zero-order valence-corrected chi connectivity index (χ0v) is 27.3. The van der Waals surface area contributed by atoms with Gasteiger partial charge in [0.15, 0.2) is 0 Å². The number of hydrogen-bond acceptors (Lipinski definition) is 2. The van der Waals surface area contributed by atoms with E-state index in [2.05, 4.69) is 158 Å². The lowest BCUT2D eigenvalue weighted by Gasteiger charge is -2.17. The largest absolute Gasteiger partial charge is 0.192 e. The second-order valence-corrected chi connectivity index (χ2v) is 13.8. The molecule has 0 unspecified atom stereocenters. The average molecular weight is 638 g/mol. The first-order valence-electron chi connectivity index (χ1n) is 16.6. The molecule has 10 aromatic rings. The molecule has 0 aliphatic rings. The van der Waals surface area contributed by atoms with Crippen molar-refractivity contribution >= 4 is 74.6 Å². The summed E-state index contributed by atoms with van der Waals surface area (Å²) in [6, 6.07) is 61.5. The monoisotopic (exact) mass is 637 g/mol. The summed E-state index contributed by atoms with van der Waals surface area (Å²) >= 11 is 1.86. The molecule has 1 aromatic heterocycles. The SMILES string of the molecule is N#Cc1c2ccccc2c(-c2ccc3sc4cc(-c5c6ccccc6c(-c6ccccc6)c6ccccc56)ccc4c3c2)c2ccccc12. The number of nitriles is 1. The smallest absolute Gasteiger partial charge is 0.100 e. The van der Waals surface area contributed by atoms with Crippen LogP contribution in [0.1, 0.15) is 5.56 Å². The molecular formula is C47H27NS. The summed E-state index contributed by atoms with van der Waals surface area (Å²) in [5, 5.41) is 22.0. The highest BCUT2D eigenvalue weighted by Crippen LogP contribution is 2.46. The molecule has 0 fully saturated rings. The standard InChI is InChI=1S/C47H27NS/c48-28-42-32-14-4-6-16-35(32)46(36-17-7-5-15-33(36)42)30-23-25-43-41(26-30)34-24-22-31(27-44(34)49-43)47-39-20-10-8-18-37(39)45(29-12-2-1-3-13-29)38-19-9-11-21-40(38)47/h1-27H. The van der Waals surface area contributed by atoms with Crippen molar-refractivity contribution in [3.05, 3.63) is 169 Å². The zero-order chi connectivity index (χ0) is 32.5. The summed E-state index contributed by atoms with van der Waals surface area (Å²) in [6.45, 7) is 0. The van der Waals surface area contributed by atoms with Crippen LogP contribution >= 0.6 is 11.3 Å². The van der Waals surface area contributed by atoms with Gasteiger partial charge in [0.25, 0.3) is 0 Å². The number of rotatable bonds is 3. The van der Waals surface area contributed by atoms with Crippen molar-refractivity contribution < 1.29 is 0 Å². The maximum atomic E-state index is 10.2. The third-order valence-electron chi connectivity index (χ3n) is 10.1. The van der Waals surface area contributed by atoms with Gasteiger partial charge in [-0.2, -0.15) is 5.26 Å². The highest BCUT2D eigenvalue weighted by molar-refractivity contribution is 7.25. The van der Waals surface area contributed by atoms with Crippen molar-refractivity contribution in [2.75, 3.05) is 0 Å². The normalized spacial score (nSPS) is 11.7. The van der Waals surface area contributed by atoms with Gasteiger partial charge in [0.05, 0.1) is 5.56 Å².